The van der Waals surface area contributed by atoms with Crippen molar-refractivity contribution in [2.75, 3.05) is 18.5 Å². The quantitative estimate of drug-likeness (QED) is 0.898. The van der Waals surface area contributed by atoms with Gasteiger partial charge in [0.15, 0.2) is 0 Å². The first-order valence-corrected chi connectivity index (χ1v) is 8.03. The Morgan fingerprint density at radius 1 is 1.25 bits per heavy atom. The second kappa shape index (κ2) is 6.17. The summed E-state index contributed by atoms with van der Waals surface area (Å²) in [6.07, 6.45) is 6.43. The summed E-state index contributed by atoms with van der Waals surface area (Å²) >= 11 is 0. The van der Waals surface area contributed by atoms with Gasteiger partial charge in [-0.3, -0.25) is 0 Å². The Bertz CT molecular complexity index is 434. The van der Waals surface area contributed by atoms with Crippen molar-refractivity contribution in [3.8, 4) is 0 Å². The fourth-order valence-electron chi connectivity index (χ4n) is 3.85. The van der Waals surface area contributed by atoms with Crippen LogP contribution in [-0.4, -0.2) is 19.1 Å². The van der Waals surface area contributed by atoms with Crippen LogP contribution in [0.2, 0.25) is 0 Å². The zero-order valence-electron chi connectivity index (χ0n) is 13.6. The average Bonchev–Trinajstić information content (AvgIpc) is 2.45. The van der Waals surface area contributed by atoms with E-state index in [-0.39, 0.29) is 5.54 Å². The highest BCUT2D eigenvalue weighted by Crippen LogP contribution is 2.39. The number of rotatable bonds is 4. The van der Waals surface area contributed by atoms with Crippen molar-refractivity contribution in [3.05, 3.63) is 29.3 Å². The molecule has 0 amide bonds. The smallest absolute Gasteiger partial charge is 0.0523 e. The summed E-state index contributed by atoms with van der Waals surface area (Å²) in [7, 11) is 2.24. The van der Waals surface area contributed by atoms with E-state index in [9.17, 15) is 0 Å². The Morgan fingerprint density at radius 2 is 1.90 bits per heavy atom. The Kier molecular flexibility index (Phi) is 4.74. The molecule has 2 atom stereocenters. The minimum atomic E-state index is 0.152. The predicted molar refractivity (Wildman–Crippen MR) is 88.4 cm³/mol. The third-order valence-electron chi connectivity index (χ3n) is 5.19. The molecule has 0 spiro atoms. The Morgan fingerprint density at radius 3 is 2.45 bits per heavy atom. The highest BCUT2D eigenvalue weighted by Gasteiger charge is 2.38. The van der Waals surface area contributed by atoms with Crippen LogP contribution in [0, 0.1) is 19.8 Å². The van der Waals surface area contributed by atoms with Gasteiger partial charge >= 0.3 is 0 Å². The van der Waals surface area contributed by atoms with Crippen LogP contribution in [-0.2, 0) is 0 Å². The van der Waals surface area contributed by atoms with Crippen LogP contribution in [0.1, 0.15) is 50.2 Å². The van der Waals surface area contributed by atoms with E-state index < -0.39 is 0 Å². The molecular weight excluding hydrogens is 244 g/mol. The molecule has 2 heteroatoms. The number of nitrogens with zero attached hydrogens (tertiary/aromatic N) is 1. The molecule has 0 saturated heterocycles. The van der Waals surface area contributed by atoms with Crippen LogP contribution < -0.4 is 10.6 Å². The van der Waals surface area contributed by atoms with Gasteiger partial charge in [0, 0.05) is 19.3 Å². The third-order valence-corrected chi connectivity index (χ3v) is 5.19. The summed E-state index contributed by atoms with van der Waals surface area (Å²) in [5.41, 5.74) is 10.4. The van der Waals surface area contributed by atoms with Gasteiger partial charge in [-0.1, -0.05) is 32.3 Å². The van der Waals surface area contributed by atoms with E-state index in [0.29, 0.717) is 0 Å². The van der Waals surface area contributed by atoms with Crippen molar-refractivity contribution in [2.45, 2.75) is 58.4 Å². The minimum Gasteiger partial charge on any atom is -0.368 e. The van der Waals surface area contributed by atoms with Crippen molar-refractivity contribution in [2.24, 2.45) is 11.7 Å². The van der Waals surface area contributed by atoms with Gasteiger partial charge in [0.1, 0.15) is 0 Å². The van der Waals surface area contributed by atoms with Gasteiger partial charge in [-0.15, -0.1) is 0 Å². The van der Waals surface area contributed by atoms with E-state index in [4.69, 9.17) is 5.73 Å². The Labute approximate surface area is 124 Å². The van der Waals surface area contributed by atoms with Gasteiger partial charge in [0.05, 0.1) is 5.54 Å². The van der Waals surface area contributed by atoms with Gasteiger partial charge in [0.25, 0.3) is 0 Å². The molecule has 112 valence electrons. The molecule has 0 radical (unpaired) electrons. The molecule has 2 rings (SSSR count). The lowest BCUT2D eigenvalue weighted by molar-refractivity contribution is 0.218. The summed E-state index contributed by atoms with van der Waals surface area (Å²) in [5.74, 6) is 0.834. The van der Waals surface area contributed by atoms with Crippen LogP contribution in [0.4, 0.5) is 5.69 Å². The van der Waals surface area contributed by atoms with E-state index >= 15 is 0 Å². The Hall–Kier alpha value is -1.02. The molecule has 1 saturated carbocycles. The lowest BCUT2D eigenvalue weighted by Crippen LogP contribution is -2.55. The number of hydrogen-bond donors (Lipinski definition) is 1. The maximum absolute atomic E-state index is 6.23. The first kappa shape index (κ1) is 15.4. The fraction of sp³-hybridized carbons (Fsp3) is 0.667. The Balaban J connectivity index is 2.30. The van der Waals surface area contributed by atoms with Crippen molar-refractivity contribution in [1.29, 1.82) is 0 Å². The summed E-state index contributed by atoms with van der Waals surface area (Å²) in [4.78, 5) is 2.47. The van der Waals surface area contributed by atoms with Crippen LogP contribution in [0.3, 0.4) is 0 Å². The molecule has 2 nitrogen and oxygen atoms in total. The molecule has 1 fully saturated rings. The molecule has 1 aromatic carbocycles. The van der Waals surface area contributed by atoms with Gasteiger partial charge in [0.2, 0.25) is 0 Å². The topological polar surface area (TPSA) is 29.3 Å². The standard InChI is InChI=1S/C18H30N2/c1-5-16-7-6-8-18(12-16,13-19)20(4)17-10-14(2)9-15(3)11-17/h9-11,16H,5-8,12-13,19H2,1-4H3. The third kappa shape index (κ3) is 3.01. The lowest BCUT2D eigenvalue weighted by Gasteiger charge is -2.48. The van der Waals surface area contributed by atoms with Crippen molar-refractivity contribution < 1.29 is 0 Å². The largest absolute Gasteiger partial charge is 0.368 e. The highest BCUT2D eigenvalue weighted by molar-refractivity contribution is 5.52. The lowest BCUT2D eigenvalue weighted by atomic mass is 9.73. The molecule has 0 aliphatic heterocycles. The van der Waals surface area contributed by atoms with Gasteiger partial charge < -0.3 is 10.6 Å². The first-order chi connectivity index (χ1) is 9.50. The van der Waals surface area contributed by atoms with Crippen LogP contribution in [0.25, 0.3) is 0 Å². The fourth-order valence-corrected chi connectivity index (χ4v) is 3.85. The molecule has 2 N–H and O–H groups in total. The first-order valence-electron chi connectivity index (χ1n) is 8.03. The van der Waals surface area contributed by atoms with Crippen LogP contribution >= 0.6 is 0 Å². The van der Waals surface area contributed by atoms with E-state index in [1.807, 2.05) is 0 Å². The SMILES string of the molecule is CCC1CCCC(CN)(N(C)c2cc(C)cc(C)c2)C1. The summed E-state index contributed by atoms with van der Waals surface area (Å²) in [5, 5.41) is 0. The van der Waals surface area contributed by atoms with Crippen molar-refractivity contribution in [1.82, 2.24) is 0 Å². The summed E-state index contributed by atoms with van der Waals surface area (Å²) < 4.78 is 0. The van der Waals surface area contributed by atoms with Crippen molar-refractivity contribution in [3.63, 3.8) is 0 Å². The second-order valence-corrected chi connectivity index (χ2v) is 6.70. The van der Waals surface area contributed by atoms with Crippen LogP contribution in [0.15, 0.2) is 18.2 Å². The zero-order chi connectivity index (χ0) is 14.8. The monoisotopic (exact) mass is 274 g/mol. The summed E-state index contributed by atoms with van der Waals surface area (Å²) in [6.45, 7) is 7.42. The molecule has 0 heterocycles. The number of hydrogen-bond acceptors (Lipinski definition) is 2. The number of aryl methyl sites for hydroxylation is 2. The molecule has 0 bridgehead atoms. The predicted octanol–water partition coefficient (Wildman–Crippen LogP) is 4.04. The van der Waals surface area contributed by atoms with Crippen LogP contribution in [0.5, 0.6) is 0 Å². The van der Waals surface area contributed by atoms with Gasteiger partial charge in [-0.25, -0.2) is 0 Å². The number of nitrogens with two attached hydrogens (primary N) is 1. The summed E-state index contributed by atoms with van der Waals surface area (Å²) in [6, 6.07) is 6.82. The number of anilines is 1. The van der Waals surface area contributed by atoms with Crippen molar-refractivity contribution >= 4 is 5.69 Å². The van der Waals surface area contributed by atoms with E-state index in [1.54, 1.807) is 0 Å². The van der Waals surface area contributed by atoms with E-state index in [2.05, 4.69) is 50.9 Å². The molecule has 20 heavy (non-hydrogen) atoms. The average molecular weight is 274 g/mol. The van der Waals surface area contributed by atoms with Gasteiger partial charge in [-0.05, 0) is 55.9 Å². The maximum atomic E-state index is 6.23. The molecule has 1 aliphatic carbocycles. The maximum Gasteiger partial charge on any atom is 0.0523 e. The zero-order valence-corrected chi connectivity index (χ0v) is 13.6. The van der Waals surface area contributed by atoms with Gasteiger partial charge in [-0.2, -0.15) is 0 Å². The minimum absolute atomic E-state index is 0.152. The van der Waals surface area contributed by atoms with E-state index in [1.165, 1.54) is 48.9 Å². The molecule has 0 aromatic heterocycles. The second-order valence-electron chi connectivity index (χ2n) is 6.70. The molecule has 1 aliphatic rings. The molecule has 2 unspecified atom stereocenters. The number of likely N-dealkylation sites (N-methyl/N-ethyl adjacent to an activating group) is 1. The number of benzene rings is 1. The van der Waals surface area contributed by atoms with E-state index in [0.717, 1.165) is 12.5 Å². The highest BCUT2D eigenvalue weighted by atomic mass is 15.2. The normalized spacial score (nSPS) is 26.6. The molecular formula is C18H30N2. The molecule has 1 aromatic rings.